The number of nitrogens with zero attached hydrogens (tertiary/aromatic N) is 2. The van der Waals surface area contributed by atoms with Crippen LogP contribution in [0.3, 0.4) is 0 Å². The number of likely N-dealkylation sites (N-methyl/N-ethyl adjacent to an activating group) is 2. The molecule has 0 aliphatic rings. The van der Waals surface area contributed by atoms with E-state index in [-0.39, 0.29) is 6.10 Å². The maximum absolute atomic E-state index is 9.88. The van der Waals surface area contributed by atoms with Gasteiger partial charge >= 0.3 is 0 Å². The lowest BCUT2D eigenvalue weighted by Crippen LogP contribution is -2.39. The average Bonchev–Trinajstić information content (AvgIpc) is 2.26. The van der Waals surface area contributed by atoms with Crippen molar-refractivity contribution in [2.45, 2.75) is 13.0 Å². The number of hydrogen-bond acceptors (Lipinski definition) is 5. The van der Waals surface area contributed by atoms with Crippen molar-refractivity contribution in [3.8, 4) is 0 Å². The summed E-state index contributed by atoms with van der Waals surface area (Å²) in [5.41, 5.74) is 0. The first kappa shape index (κ1) is 16.8. The lowest BCUT2D eigenvalue weighted by atomic mass is 10.3. The van der Waals surface area contributed by atoms with Crippen LogP contribution >= 0.6 is 0 Å². The summed E-state index contributed by atoms with van der Waals surface area (Å²) in [7, 11) is 5.67. The van der Waals surface area contributed by atoms with Crippen molar-refractivity contribution < 1.29 is 14.6 Å². The molecule has 0 saturated carbocycles. The van der Waals surface area contributed by atoms with Gasteiger partial charge in [0, 0.05) is 39.9 Å². The number of hydrogen-bond donors (Lipinski definition) is 1. The topological polar surface area (TPSA) is 45.2 Å². The van der Waals surface area contributed by atoms with Gasteiger partial charge in [-0.1, -0.05) is 0 Å². The van der Waals surface area contributed by atoms with Gasteiger partial charge in [0.15, 0.2) is 0 Å². The van der Waals surface area contributed by atoms with Crippen molar-refractivity contribution in [3.63, 3.8) is 0 Å². The van der Waals surface area contributed by atoms with Crippen LogP contribution in [-0.4, -0.2) is 88.2 Å². The van der Waals surface area contributed by atoms with E-state index in [1.807, 2.05) is 21.0 Å². The van der Waals surface area contributed by atoms with Gasteiger partial charge in [-0.3, -0.25) is 0 Å². The molecule has 1 atom stereocenters. The second kappa shape index (κ2) is 10.9. The van der Waals surface area contributed by atoms with Gasteiger partial charge < -0.3 is 24.4 Å². The van der Waals surface area contributed by atoms with Crippen LogP contribution in [0.25, 0.3) is 0 Å². The third-order valence-electron chi connectivity index (χ3n) is 2.54. The summed E-state index contributed by atoms with van der Waals surface area (Å²) in [4.78, 5) is 4.16. The highest BCUT2D eigenvalue weighted by atomic mass is 16.5. The molecule has 0 spiro atoms. The van der Waals surface area contributed by atoms with Crippen molar-refractivity contribution in [3.05, 3.63) is 0 Å². The average molecular weight is 248 g/mol. The summed E-state index contributed by atoms with van der Waals surface area (Å²) in [6.07, 6.45) is -0.330. The van der Waals surface area contributed by atoms with Crippen LogP contribution in [-0.2, 0) is 9.47 Å². The molecule has 0 aromatic carbocycles. The van der Waals surface area contributed by atoms with E-state index in [0.29, 0.717) is 19.7 Å². The molecule has 0 unspecified atom stereocenters. The first-order chi connectivity index (χ1) is 8.10. The Labute approximate surface area is 105 Å². The van der Waals surface area contributed by atoms with Crippen LogP contribution < -0.4 is 0 Å². The second-order valence-corrected chi connectivity index (χ2v) is 4.37. The minimum Gasteiger partial charge on any atom is -0.390 e. The van der Waals surface area contributed by atoms with Gasteiger partial charge in [0.2, 0.25) is 0 Å². The fraction of sp³-hybridized carbons (Fsp3) is 1.00. The Morgan fingerprint density at radius 1 is 1.06 bits per heavy atom. The molecule has 0 aromatic heterocycles. The van der Waals surface area contributed by atoms with E-state index in [0.717, 1.165) is 26.3 Å². The van der Waals surface area contributed by atoms with Crippen LogP contribution in [0.1, 0.15) is 6.92 Å². The second-order valence-electron chi connectivity index (χ2n) is 4.37. The summed E-state index contributed by atoms with van der Waals surface area (Å²) in [5.74, 6) is 0. The van der Waals surface area contributed by atoms with Crippen LogP contribution in [0.15, 0.2) is 0 Å². The molecule has 1 N–H and O–H groups in total. The molecule has 5 heteroatoms. The van der Waals surface area contributed by atoms with E-state index in [1.165, 1.54) is 0 Å². The lowest BCUT2D eigenvalue weighted by Gasteiger charge is -2.24. The SMILES string of the molecule is CCOCCN(C)C[C@@H](O)CN(C)CCOC. The maximum Gasteiger partial charge on any atom is 0.0793 e. The van der Waals surface area contributed by atoms with Gasteiger partial charge in [0.1, 0.15) is 0 Å². The minimum absolute atomic E-state index is 0.330. The van der Waals surface area contributed by atoms with E-state index in [4.69, 9.17) is 9.47 Å². The maximum atomic E-state index is 9.88. The summed E-state index contributed by atoms with van der Waals surface area (Å²) in [6, 6.07) is 0. The molecule has 0 radical (unpaired) electrons. The molecule has 0 heterocycles. The lowest BCUT2D eigenvalue weighted by molar-refractivity contribution is 0.0648. The van der Waals surface area contributed by atoms with Crippen molar-refractivity contribution in [1.82, 2.24) is 9.80 Å². The molecular weight excluding hydrogens is 220 g/mol. The molecule has 0 aliphatic heterocycles. The summed E-state index contributed by atoms with van der Waals surface area (Å²) in [6.45, 7) is 7.19. The van der Waals surface area contributed by atoms with E-state index in [2.05, 4.69) is 9.80 Å². The van der Waals surface area contributed by atoms with Crippen molar-refractivity contribution in [2.75, 3.05) is 67.2 Å². The third kappa shape index (κ3) is 10.7. The van der Waals surface area contributed by atoms with Crippen LogP contribution in [0.4, 0.5) is 0 Å². The number of aliphatic hydroxyl groups excluding tert-OH is 1. The number of rotatable bonds is 11. The highest BCUT2D eigenvalue weighted by Gasteiger charge is 2.10. The van der Waals surface area contributed by atoms with Gasteiger partial charge in [0.05, 0.1) is 19.3 Å². The van der Waals surface area contributed by atoms with Crippen LogP contribution in [0.2, 0.25) is 0 Å². The molecule has 0 aliphatic carbocycles. The molecule has 0 rings (SSSR count). The Morgan fingerprint density at radius 3 is 2.06 bits per heavy atom. The normalized spacial score (nSPS) is 13.6. The summed E-state index contributed by atoms with van der Waals surface area (Å²) < 4.78 is 10.3. The Hall–Kier alpha value is -0.200. The zero-order chi connectivity index (χ0) is 13.1. The Bertz CT molecular complexity index is 170. The molecule has 5 nitrogen and oxygen atoms in total. The first-order valence-electron chi connectivity index (χ1n) is 6.22. The predicted octanol–water partition coefficient (Wildman–Crippen LogP) is -0.106. The fourth-order valence-electron chi connectivity index (χ4n) is 1.57. The summed E-state index contributed by atoms with van der Waals surface area (Å²) in [5, 5.41) is 9.88. The third-order valence-corrected chi connectivity index (χ3v) is 2.54. The van der Waals surface area contributed by atoms with E-state index in [1.54, 1.807) is 7.11 Å². The smallest absolute Gasteiger partial charge is 0.0793 e. The molecule has 104 valence electrons. The zero-order valence-electron chi connectivity index (χ0n) is 11.7. The highest BCUT2D eigenvalue weighted by Crippen LogP contribution is 1.93. The van der Waals surface area contributed by atoms with Crippen LogP contribution in [0, 0.1) is 0 Å². The van der Waals surface area contributed by atoms with Gasteiger partial charge in [-0.25, -0.2) is 0 Å². The van der Waals surface area contributed by atoms with Gasteiger partial charge in [0.25, 0.3) is 0 Å². The van der Waals surface area contributed by atoms with Gasteiger partial charge in [-0.05, 0) is 21.0 Å². The molecule has 17 heavy (non-hydrogen) atoms. The largest absolute Gasteiger partial charge is 0.390 e. The summed E-state index contributed by atoms with van der Waals surface area (Å²) >= 11 is 0. The first-order valence-corrected chi connectivity index (χ1v) is 6.22. The quantitative estimate of drug-likeness (QED) is 0.517. The number of methoxy groups -OCH3 is 1. The van der Waals surface area contributed by atoms with Gasteiger partial charge in [-0.15, -0.1) is 0 Å². The Balaban J connectivity index is 3.58. The molecular formula is C12H28N2O3. The standard InChI is InChI=1S/C12H28N2O3/c1-5-17-9-7-14(3)11-12(15)10-13(2)6-8-16-4/h12,15H,5-11H2,1-4H3/t12-/m0/s1. The predicted molar refractivity (Wildman–Crippen MR) is 69.4 cm³/mol. The van der Waals surface area contributed by atoms with Crippen molar-refractivity contribution in [1.29, 1.82) is 0 Å². The number of ether oxygens (including phenoxy) is 2. The molecule has 0 aromatic rings. The molecule has 0 bridgehead atoms. The fourth-order valence-corrected chi connectivity index (χ4v) is 1.57. The van der Waals surface area contributed by atoms with E-state index < -0.39 is 0 Å². The monoisotopic (exact) mass is 248 g/mol. The van der Waals surface area contributed by atoms with E-state index in [9.17, 15) is 5.11 Å². The molecule has 0 saturated heterocycles. The van der Waals surface area contributed by atoms with E-state index >= 15 is 0 Å². The minimum atomic E-state index is -0.330. The highest BCUT2D eigenvalue weighted by molar-refractivity contribution is 4.65. The number of aliphatic hydroxyl groups is 1. The Morgan fingerprint density at radius 2 is 1.59 bits per heavy atom. The van der Waals surface area contributed by atoms with Crippen molar-refractivity contribution in [2.24, 2.45) is 0 Å². The van der Waals surface area contributed by atoms with Crippen LogP contribution in [0.5, 0.6) is 0 Å². The molecule has 0 amide bonds. The Kier molecular flexibility index (Phi) is 10.8. The molecule has 0 fully saturated rings. The zero-order valence-corrected chi connectivity index (χ0v) is 11.7. The van der Waals surface area contributed by atoms with Crippen molar-refractivity contribution >= 4 is 0 Å². The van der Waals surface area contributed by atoms with Gasteiger partial charge in [-0.2, -0.15) is 0 Å².